The highest BCUT2D eigenvalue weighted by Crippen LogP contribution is 2.17. The van der Waals surface area contributed by atoms with Gasteiger partial charge in [-0.2, -0.15) is 0 Å². The fraction of sp³-hybridized carbons (Fsp3) is 0.636. The van der Waals surface area contributed by atoms with Crippen molar-refractivity contribution in [2.75, 3.05) is 6.54 Å². The summed E-state index contributed by atoms with van der Waals surface area (Å²) in [6.07, 6.45) is 6.28. The summed E-state index contributed by atoms with van der Waals surface area (Å²) in [5.41, 5.74) is 2.30. The van der Waals surface area contributed by atoms with Crippen LogP contribution in [-0.4, -0.2) is 32.5 Å². The van der Waals surface area contributed by atoms with Crippen molar-refractivity contribution in [3.8, 4) is 12.3 Å². The van der Waals surface area contributed by atoms with Crippen LogP contribution in [0.5, 0.6) is 0 Å². The quantitative estimate of drug-likeness (QED) is 0.664. The molecule has 80 valence electrons. The van der Waals surface area contributed by atoms with Gasteiger partial charge in [0.15, 0.2) is 0 Å². The van der Waals surface area contributed by atoms with Gasteiger partial charge in [-0.05, 0) is 13.8 Å². The minimum atomic E-state index is 0.532. The highest BCUT2D eigenvalue weighted by Gasteiger charge is 2.22. The molecular formula is C11H16N4. The molecule has 1 aliphatic heterocycles. The molecule has 0 spiro atoms. The normalized spacial score (nSPS) is 16.4. The van der Waals surface area contributed by atoms with Crippen molar-refractivity contribution in [1.29, 1.82) is 0 Å². The summed E-state index contributed by atoms with van der Waals surface area (Å²) in [5, 5.41) is 8.26. The van der Waals surface area contributed by atoms with Gasteiger partial charge in [-0.15, -0.1) is 11.5 Å². The van der Waals surface area contributed by atoms with Gasteiger partial charge >= 0.3 is 0 Å². The fourth-order valence-corrected chi connectivity index (χ4v) is 1.94. The molecule has 0 aromatic carbocycles. The Hall–Kier alpha value is -1.34. The van der Waals surface area contributed by atoms with Crippen molar-refractivity contribution in [3.63, 3.8) is 0 Å². The standard InChI is InChI=1S/C11H16N4/c1-4-6-15-11-5-7-14(9(2)3)8-10(11)12-13-15/h1,9H,5-8H2,2-3H3. The first kappa shape index (κ1) is 10.2. The van der Waals surface area contributed by atoms with E-state index in [0.29, 0.717) is 12.6 Å². The van der Waals surface area contributed by atoms with Crippen LogP contribution >= 0.6 is 0 Å². The van der Waals surface area contributed by atoms with Crippen molar-refractivity contribution < 1.29 is 0 Å². The third-order valence-corrected chi connectivity index (χ3v) is 2.88. The maximum atomic E-state index is 5.28. The van der Waals surface area contributed by atoms with E-state index in [1.807, 2.05) is 4.68 Å². The zero-order valence-electron chi connectivity index (χ0n) is 9.27. The van der Waals surface area contributed by atoms with Gasteiger partial charge in [0.25, 0.3) is 0 Å². The monoisotopic (exact) mass is 204 g/mol. The Morgan fingerprint density at radius 2 is 2.33 bits per heavy atom. The highest BCUT2D eigenvalue weighted by atomic mass is 15.4. The van der Waals surface area contributed by atoms with Crippen molar-refractivity contribution >= 4 is 0 Å². The zero-order chi connectivity index (χ0) is 10.8. The molecule has 0 radical (unpaired) electrons. The minimum absolute atomic E-state index is 0.532. The summed E-state index contributed by atoms with van der Waals surface area (Å²) in [6, 6.07) is 0.566. The first-order valence-electron chi connectivity index (χ1n) is 5.31. The van der Waals surface area contributed by atoms with Crippen molar-refractivity contribution in [2.24, 2.45) is 0 Å². The number of rotatable bonds is 2. The first-order valence-corrected chi connectivity index (χ1v) is 5.31. The van der Waals surface area contributed by atoms with Gasteiger partial charge in [0, 0.05) is 25.6 Å². The number of hydrogen-bond donors (Lipinski definition) is 0. The molecule has 0 N–H and O–H groups in total. The Morgan fingerprint density at radius 3 is 3.00 bits per heavy atom. The molecule has 2 rings (SSSR count). The van der Waals surface area contributed by atoms with Crippen molar-refractivity contribution in [3.05, 3.63) is 11.4 Å². The van der Waals surface area contributed by atoms with E-state index in [2.05, 4.69) is 35.0 Å². The topological polar surface area (TPSA) is 34.0 Å². The van der Waals surface area contributed by atoms with E-state index in [1.165, 1.54) is 5.69 Å². The average molecular weight is 204 g/mol. The van der Waals surface area contributed by atoms with Crippen LogP contribution in [0.1, 0.15) is 25.2 Å². The Morgan fingerprint density at radius 1 is 1.53 bits per heavy atom. The van der Waals surface area contributed by atoms with Gasteiger partial charge < -0.3 is 0 Å². The molecular weight excluding hydrogens is 188 g/mol. The predicted molar refractivity (Wildman–Crippen MR) is 58.1 cm³/mol. The van der Waals surface area contributed by atoms with Gasteiger partial charge in [-0.3, -0.25) is 4.90 Å². The maximum Gasteiger partial charge on any atom is 0.103 e. The number of terminal acetylenes is 1. The second-order valence-electron chi connectivity index (χ2n) is 4.16. The summed E-state index contributed by atoms with van der Waals surface area (Å²) in [5.74, 6) is 2.60. The molecule has 0 atom stereocenters. The van der Waals surface area contributed by atoms with Crippen LogP contribution in [0.3, 0.4) is 0 Å². The molecule has 0 aliphatic carbocycles. The Balaban J connectivity index is 2.19. The zero-order valence-corrected chi connectivity index (χ0v) is 9.27. The van der Waals surface area contributed by atoms with E-state index in [0.717, 1.165) is 25.2 Å². The van der Waals surface area contributed by atoms with Crippen LogP contribution in [0.25, 0.3) is 0 Å². The van der Waals surface area contributed by atoms with Crippen molar-refractivity contribution in [2.45, 2.75) is 39.4 Å². The van der Waals surface area contributed by atoms with Crippen molar-refractivity contribution in [1.82, 2.24) is 19.9 Å². The van der Waals surface area contributed by atoms with E-state index >= 15 is 0 Å². The third-order valence-electron chi connectivity index (χ3n) is 2.88. The fourth-order valence-electron chi connectivity index (χ4n) is 1.94. The number of aromatic nitrogens is 3. The molecule has 2 heterocycles. The summed E-state index contributed by atoms with van der Waals surface area (Å²) >= 11 is 0. The summed E-state index contributed by atoms with van der Waals surface area (Å²) < 4.78 is 1.84. The molecule has 1 aromatic rings. The Labute approximate surface area is 90.3 Å². The molecule has 15 heavy (non-hydrogen) atoms. The second-order valence-corrected chi connectivity index (χ2v) is 4.16. The second kappa shape index (κ2) is 4.03. The lowest BCUT2D eigenvalue weighted by atomic mass is 10.1. The van der Waals surface area contributed by atoms with Crippen LogP contribution in [0, 0.1) is 12.3 Å². The van der Waals surface area contributed by atoms with Crippen LogP contribution in [0.15, 0.2) is 0 Å². The molecule has 0 saturated heterocycles. The smallest absolute Gasteiger partial charge is 0.103 e. The maximum absolute atomic E-state index is 5.28. The lowest BCUT2D eigenvalue weighted by molar-refractivity contribution is 0.199. The van der Waals surface area contributed by atoms with Gasteiger partial charge in [0.2, 0.25) is 0 Å². The highest BCUT2D eigenvalue weighted by molar-refractivity contribution is 5.14. The number of hydrogen-bond acceptors (Lipinski definition) is 3. The van der Waals surface area contributed by atoms with Gasteiger partial charge in [-0.1, -0.05) is 11.1 Å². The van der Waals surface area contributed by atoms with Crippen LogP contribution in [0.2, 0.25) is 0 Å². The van der Waals surface area contributed by atoms with Gasteiger partial charge in [-0.25, -0.2) is 4.68 Å². The Kier molecular flexibility index (Phi) is 2.74. The molecule has 1 aromatic heterocycles. The van der Waals surface area contributed by atoms with Crippen LogP contribution < -0.4 is 0 Å². The predicted octanol–water partition coefficient (Wildman–Crippen LogP) is 0.678. The molecule has 0 fully saturated rings. The molecule has 0 bridgehead atoms. The molecule has 0 amide bonds. The molecule has 1 aliphatic rings. The SMILES string of the molecule is C#CCn1nnc2c1CCN(C(C)C)C2. The largest absolute Gasteiger partial charge is 0.295 e. The molecule has 0 saturated carbocycles. The molecule has 4 heteroatoms. The van der Waals surface area contributed by atoms with E-state index in [4.69, 9.17) is 6.42 Å². The summed E-state index contributed by atoms with van der Waals surface area (Å²) in [7, 11) is 0. The average Bonchev–Trinajstić information content (AvgIpc) is 2.61. The number of nitrogens with zero attached hydrogens (tertiary/aromatic N) is 4. The van der Waals surface area contributed by atoms with Gasteiger partial charge in [0.1, 0.15) is 6.54 Å². The van der Waals surface area contributed by atoms with E-state index in [-0.39, 0.29) is 0 Å². The lowest BCUT2D eigenvalue weighted by Gasteiger charge is -2.29. The summed E-state index contributed by atoms with van der Waals surface area (Å²) in [4.78, 5) is 2.40. The third kappa shape index (κ3) is 1.88. The summed E-state index contributed by atoms with van der Waals surface area (Å²) in [6.45, 7) is 6.91. The molecule has 4 nitrogen and oxygen atoms in total. The van der Waals surface area contributed by atoms with E-state index in [9.17, 15) is 0 Å². The minimum Gasteiger partial charge on any atom is -0.295 e. The van der Waals surface area contributed by atoms with Crippen LogP contribution in [0.4, 0.5) is 0 Å². The van der Waals surface area contributed by atoms with E-state index in [1.54, 1.807) is 0 Å². The number of fused-ring (bicyclic) bond motifs is 1. The van der Waals surface area contributed by atoms with Gasteiger partial charge in [0.05, 0.1) is 11.4 Å². The molecule has 0 unspecified atom stereocenters. The van der Waals surface area contributed by atoms with E-state index < -0.39 is 0 Å². The first-order chi connectivity index (χ1) is 7.22. The van der Waals surface area contributed by atoms with Crippen LogP contribution in [-0.2, 0) is 19.5 Å². The Bertz CT molecular complexity index is 386. The lowest BCUT2D eigenvalue weighted by Crippen LogP contribution is -2.36.